The van der Waals surface area contributed by atoms with Crippen LogP contribution in [0.2, 0.25) is 0 Å². The first-order valence-corrected chi connectivity index (χ1v) is 6.59. The highest BCUT2D eigenvalue weighted by atomic mass is 32.1. The van der Waals surface area contributed by atoms with Gasteiger partial charge in [0.25, 0.3) is 0 Å². The topological polar surface area (TPSA) is 86.6 Å². The van der Waals surface area contributed by atoms with E-state index in [0.29, 0.717) is 18.4 Å². The molecule has 1 saturated carbocycles. The van der Waals surface area contributed by atoms with Gasteiger partial charge >= 0.3 is 5.97 Å². The van der Waals surface area contributed by atoms with Crippen molar-refractivity contribution in [2.24, 2.45) is 5.41 Å². The lowest BCUT2D eigenvalue weighted by atomic mass is 9.98. The second-order valence-electron chi connectivity index (χ2n) is 4.86. The Kier molecular flexibility index (Phi) is 3.16. The number of nitrogens with one attached hydrogen (secondary N) is 1. The van der Waals surface area contributed by atoms with Gasteiger partial charge in [0.05, 0.1) is 6.54 Å². The molecule has 0 aromatic carbocycles. The van der Waals surface area contributed by atoms with Crippen LogP contribution in [0.3, 0.4) is 0 Å². The molecule has 1 aliphatic rings. The van der Waals surface area contributed by atoms with Gasteiger partial charge in [-0.25, -0.2) is 0 Å². The molecule has 1 aromatic rings. The van der Waals surface area contributed by atoms with Gasteiger partial charge in [-0.2, -0.15) is 11.3 Å². The zero-order chi connectivity index (χ0) is 13.4. The standard InChI is InChI=1S/C12H15NO4S/c1-11(17,8-2-5-18-6-8)7-13-9(14)12(3-4-12)10(15)16/h2,5-6,17H,3-4,7H2,1H3,(H,13,14)(H,15,16). The predicted octanol–water partition coefficient (Wildman–Crippen LogP) is 0.937. The van der Waals surface area contributed by atoms with Gasteiger partial charge in [-0.3, -0.25) is 9.59 Å². The van der Waals surface area contributed by atoms with E-state index in [4.69, 9.17) is 5.11 Å². The number of rotatable bonds is 5. The summed E-state index contributed by atoms with van der Waals surface area (Å²) >= 11 is 1.46. The first-order chi connectivity index (χ1) is 8.38. The van der Waals surface area contributed by atoms with Crippen LogP contribution >= 0.6 is 11.3 Å². The van der Waals surface area contributed by atoms with Crippen LogP contribution in [-0.2, 0) is 15.2 Å². The maximum absolute atomic E-state index is 11.8. The van der Waals surface area contributed by atoms with Crippen molar-refractivity contribution in [2.75, 3.05) is 6.54 Å². The zero-order valence-electron chi connectivity index (χ0n) is 9.97. The number of thiophene rings is 1. The molecule has 1 heterocycles. The van der Waals surface area contributed by atoms with Gasteiger partial charge in [0.15, 0.2) is 0 Å². The molecule has 0 saturated heterocycles. The Morgan fingerprint density at radius 2 is 2.22 bits per heavy atom. The number of aliphatic carboxylic acids is 1. The number of carboxylic acids is 1. The summed E-state index contributed by atoms with van der Waals surface area (Å²) < 4.78 is 0. The van der Waals surface area contributed by atoms with Crippen molar-refractivity contribution in [2.45, 2.75) is 25.4 Å². The Bertz CT molecular complexity index is 462. The maximum Gasteiger partial charge on any atom is 0.319 e. The van der Waals surface area contributed by atoms with E-state index < -0.39 is 22.9 Å². The second kappa shape index (κ2) is 4.37. The number of amides is 1. The molecule has 0 aliphatic heterocycles. The fourth-order valence-corrected chi connectivity index (χ4v) is 2.54. The molecule has 98 valence electrons. The van der Waals surface area contributed by atoms with E-state index in [0.717, 1.165) is 0 Å². The third-order valence-corrected chi connectivity index (χ3v) is 4.01. The highest BCUT2D eigenvalue weighted by Crippen LogP contribution is 2.46. The molecule has 2 rings (SSSR count). The van der Waals surface area contributed by atoms with Crippen LogP contribution in [0.5, 0.6) is 0 Å². The third kappa shape index (κ3) is 2.26. The predicted molar refractivity (Wildman–Crippen MR) is 66.2 cm³/mol. The molecule has 1 aliphatic carbocycles. The van der Waals surface area contributed by atoms with Crippen LogP contribution in [0.1, 0.15) is 25.3 Å². The lowest BCUT2D eigenvalue weighted by molar-refractivity contribution is -0.149. The third-order valence-electron chi connectivity index (χ3n) is 3.33. The lowest BCUT2D eigenvalue weighted by Gasteiger charge is -2.23. The van der Waals surface area contributed by atoms with Gasteiger partial charge in [-0.05, 0) is 42.2 Å². The minimum Gasteiger partial charge on any atom is -0.480 e. The van der Waals surface area contributed by atoms with Gasteiger partial charge in [0.1, 0.15) is 11.0 Å². The lowest BCUT2D eigenvalue weighted by Crippen LogP contribution is -2.43. The summed E-state index contributed by atoms with van der Waals surface area (Å²) in [6.45, 7) is 1.60. The molecular formula is C12H15NO4S. The van der Waals surface area contributed by atoms with Crippen LogP contribution in [0.4, 0.5) is 0 Å². The molecule has 0 bridgehead atoms. The summed E-state index contributed by atoms with van der Waals surface area (Å²) in [5.41, 5.74) is -1.72. The molecule has 5 nitrogen and oxygen atoms in total. The Labute approximate surface area is 108 Å². The SMILES string of the molecule is CC(O)(CNC(=O)C1(C(=O)O)CC1)c1ccsc1. The molecule has 1 aromatic heterocycles. The molecule has 3 N–H and O–H groups in total. The molecule has 1 amide bonds. The summed E-state index contributed by atoms with van der Waals surface area (Å²) in [4.78, 5) is 22.7. The summed E-state index contributed by atoms with van der Waals surface area (Å²) in [7, 11) is 0. The van der Waals surface area contributed by atoms with Gasteiger partial charge in [-0.15, -0.1) is 0 Å². The number of carboxylic acid groups (broad SMARTS) is 1. The van der Waals surface area contributed by atoms with Crippen molar-refractivity contribution >= 4 is 23.2 Å². The smallest absolute Gasteiger partial charge is 0.319 e. The van der Waals surface area contributed by atoms with E-state index in [9.17, 15) is 14.7 Å². The summed E-state index contributed by atoms with van der Waals surface area (Å²) in [5, 5.41) is 25.3. The minimum absolute atomic E-state index is 0.0115. The normalized spacial score (nSPS) is 19.9. The largest absolute Gasteiger partial charge is 0.480 e. The van der Waals surface area contributed by atoms with Crippen LogP contribution in [0.25, 0.3) is 0 Å². The highest BCUT2D eigenvalue weighted by Gasteiger charge is 2.57. The fourth-order valence-electron chi connectivity index (χ4n) is 1.76. The second-order valence-corrected chi connectivity index (χ2v) is 5.64. The van der Waals surface area contributed by atoms with E-state index in [1.54, 1.807) is 18.4 Å². The molecule has 1 atom stereocenters. The van der Waals surface area contributed by atoms with Crippen molar-refractivity contribution in [1.29, 1.82) is 0 Å². The van der Waals surface area contributed by atoms with Gasteiger partial charge < -0.3 is 15.5 Å². The first-order valence-electron chi connectivity index (χ1n) is 5.65. The quantitative estimate of drug-likeness (QED) is 0.694. The Morgan fingerprint density at radius 1 is 1.56 bits per heavy atom. The van der Waals surface area contributed by atoms with E-state index in [2.05, 4.69) is 5.32 Å². The average Bonchev–Trinajstić information content (AvgIpc) is 2.93. The van der Waals surface area contributed by atoms with Crippen LogP contribution in [0, 0.1) is 5.41 Å². The number of hydrogen-bond donors (Lipinski definition) is 3. The molecule has 0 spiro atoms. The van der Waals surface area contributed by atoms with Crippen LogP contribution in [0.15, 0.2) is 16.8 Å². The Hall–Kier alpha value is -1.40. The maximum atomic E-state index is 11.8. The van der Waals surface area contributed by atoms with Gasteiger partial charge in [0.2, 0.25) is 5.91 Å². The summed E-state index contributed by atoms with van der Waals surface area (Å²) in [6.07, 6.45) is 0.740. The molecule has 1 fully saturated rings. The van der Waals surface area contributed by atoms with Crippen LogP contribution < -0.4 is 5.32 Å². The number of hydrogen-bond acceptors (Lipinski definition) is 4. The van der Waals surface area contributed by atoms with Crippen molar-refractivity contribution < 1.29 is 19.8 Å². The van der Waals surface area contributed by atoms with Crippen LogP contribution in [-0.4, -0.2) is 28.6 Å². The van der Waals surface area contributed by atoms with Gasteiger partial charge in [0, 0.05) is 0 Å². The highest BCUT2D eigenvalue weighted by molar-refractivity contribution is 7.08. The number of carbonyl (C=O) groups is 2. The number of carbonyl (C=O) groups excluding carboxylic acids is 1. The van der Waals surface area contributed by atoms with Gasteiger partial charge in [-0.1, -0.05) is 0 Å². The monoisotopic (exact) mass is 269 g/mol. The molecular weight excluding hydrogens is 254 g/mol. The number of aliphatic hydroxyl groups is 1. The fraction of sp³-hybridized carbons (Fsp3) is 0.500. The van der Waals surface area contributed by atoms with Crippen molar-refractivity contribution in [3.8, 4) is 0 Å². The molecule has 6 heteroatoms. The Morgan fingerprint density at radius 3 is 2.67 bits per heavy atom. The van der Waals surface area contributed by atoms with E-state index in [1.807, 2.05) is 5.38 Å². The van der Waals surface area contributed by atoms with Crippen molar-refractivity contribution in [3.05, 3.63) is 22.4 Å². The first kappa shape index (κ1) is 13.0. The molecule has 0 radical (unpaired) electrons. The zero-order valence-corrected chi connectivity index (χ0v) is 10.8. The van der Waals surface area contributed by atoms with Crippen molar-refractivity contribution in [1.82, 2.24) is 5.32 Å². The summed E-state index contributed by atoms with van der Waals surface area (Å²) in [5.74, 6) is -1.60. The van der Waals surface area contributed by atoms with E-state index in [-0.39, 0.29) is 6.54 Å². The van der Waals surface area contributed by atoms with E-state index in [1.165, 1.54) is 11.3 Å². The molecule has 1 unspecified atom stereocenters. The van der Waals surface area contributed by atoms with E-state index >= 15 is 0 Å². The van der Waals surface area contributed by atoms with Crippen molar-refractivity contribution in [3.63, 3.8) is 0 Å². The Balaban J connectivity index is 1.96. The average molecular weight is 269 g/mol. The molecule has 18 heavy (non-hydrogen) atoms. The minimum atomic E-state index is -1.26. The summed E-state index contributed by atoms with van der Waals surface area (Å²) in [6, 6.07) is 1.78.